The molecule has 5 nitrogen and oxygen atoms in total. The molecule has 0 amide bonds. The van der Waals surface area contributed by atoms with E-state index in [1.807, 2.05) is 0 Å². The largest absolute Gasteiger partial charge is 0.494 e. The second-order valence-electron chi connectivity index (χ2n) is 13.1. The van der Waals surface area contributed by atoms with E-state index < -0.39 is 103 Å². The number of hydrogen-bond donors (Lipinski definition) is 2. The van der Waals surface area contributed by atoms with E-state index in [2.05, 4.69) is 0 Å². The van der Waals surface area contributed by atoms with Crippen LogP contribution in [-0.4, -0.2) is 100 Å². The molecule has 0 heterocycles. The van der Waals surface area contributed by atoms with Gasteiger partial charge in [0.25, 0.3) is 0 Å². The first kappa shape index (κ1) is 55.2. The Labute approximate surface area is 324 Å². The molecule has 0 saturated heterocycles. The van der Waals surface area contributed by atoms with E-state index in [-0.39, 0.29) is 42.7 Å². The fraction of sp³-hybridized carbons (Fsp3) is 0.742. The molecule has 0 unspecified atom stereocenters. The number of rotatable bonds is 25. The fourth-order valence-corrected chi connectivity index (χ4v) is 4.95. The van der Waals surface area contributed by atoms with Crippen LogP contribution in [0.1, 0.15) is 84.9 Å². The maximum Gasteiger partial charge on any atom is 0.460 e. The molecule has 0 saturated carbocycles. The normalized spacial score (nSPS) is 15.0. The Morgan fingerprint density at radius 3 is 0.934 bits per heavy atom. The Kier molecular flexibility index (Phi) is 16.1. The molecule has 356 valence electrons. The summed E-state index contributed by atoms with van der Waals surface area (Å²) in [6, 6.07) is 2.96. The highest BCUT2D eigenvalue weighted by Gasteiger charge is 2.99. The van der Waals surface area contributed by atoms with Gasteiger partial charge in [0.05, 0.1) is 17.7 Å². The third-order valence-corrected chi connectivity index (χ3v) is 8.67. The fourth-order valence-electron chi connectivity index (χ4n) is 4.95. The van der Waals surface area contributed by atoms with Crippen molar-refractivity contribution in [3.05, 3.63) is 29.3 Å². The molecule has 0 aliphatic heterocycles. The van der Waals surface area contributed by atoms with E-state index >= 15 is 0 Å². The van der Waals surface area contributed by atoms with Crippen LogP contribution < -0.4 is 4.74 Å². The summed E-state index contributed by atoms with van der Waals surface area (Å²) in [6.07, 6.45) is -11.5. The summed E-state index contributed by atoms with van der Waals surface area (Å²) in [5.74, 6) is -101. The number of benzene rings is 1. The van der Waals surface area contributed by atoms with Gasteiger partial charge in [-0.2, -0.15) is 110 Å². The van der Waals surface area contributed by atoms with E-state index in [1.54, 1.807) is 0 Å². The number of hydrogen-bond acceptors (Lipinski definition) is 3. The summed E-state index contributed by atoms with van der Waals surface area (Å²) in [5, 5.41) is 18.1. The van der Waals surface area contributed by atoms with Gasteiger partial charge in [0.2, 0.25) is 0 Å². The maximum atomic E-state index is 14.2. The Morgan fingerprint density at radius 2 is 0.639 bits per heavy atom. The molecular weight excluding hydrogens is 927 g/mol. The molecule has 2 N–H and O–H groups in total. The van der Waals surface area contributed by atoms with Gasteiger partial charge in [0.15, 0.2) is 0 Å². The van der Waals surface area contributed by atoms with Crippen LogP contribution in [0.3, 0.4) is 0 Å². The summed E-state index contributed by atoms with van der Waals surface area (Å²) in [7, 11) is 0. The second kappa shape index (κ2) is 17.8. The van der Waals surface area contributed by atoms with Crippen molar-refractivity contribution in [2.24, 2.45) is 0 Å². The Hall–Kier alpha value is -3.79. The van der Waals surface area contributed by atoms with Crippen LogP contribution in [0.4, 0.5) is 110 Å². The molecule has 30 heteroatoms. The number of ether oxygens (including phenoxy) is 1. The number of carboxylic acid groups (broad SMARTS) is 2. The van der Waals surface area contributed by atoms with Crippen molar-refractivity contribution in [1.29, 1.82) is 0 Å². The van der Waals surface area contributed by atoms with Gasteiger partial charge in [0.1, 0.15) is 5.75 Å². The third-order valence-electron chi connectivity index (χ3n) is 8.67. The van der Waals surface area contributed by atoms with Gasteiger partial charge in [-0.1, -0.05) is 44.9 Å². The minimum Gasteiger partial charge on any atom is -0.494 e. The van der Waals surface area contributed by atoms with Crippen molar-refractivity contribution in [3.8, 4) is 5.75 Å². The van der Waals surface area contributed by atoms with E-state index in [0.29, 0.717) is 25.7 Å². The molecule has 1 aromatic carbocycles. The molecule has 0 aliphatic carbocycles. The first-order valence-corrected chi connectivity index (χ1v) is 16.4. The number of carbonyl (C=O) groups is 2. The van der Waals surface area contributed by atoms with Crippen LogP contribution in [-0.2, 0) is 0 Å². The highest BCUT2D eigenvalue weighted by atomic mass is 19.4. The molecular formula is C31H27F25O5. The molecule has 0 atom stereocenters. The molecule has 0 spiro atoms. The van der Waals surface area contributed by atoms with Crippen LogP contribution in [0, 0.1) is 0 Å². The zero-order valence-electron chi connectivity index (χ0n) is 29.6. The quantitative estimate of drug-likeness (QED) is 0.0754. The van der Waals surface area contributed by atoms with Gasteiger partial charge in [-0.15, -0.1) is 0 Å². The SMILES string of the molecule is O=C(O)c1cc(OCCCCCCCCCCCC(F)(F)C(F)(F)C(F)(F)C(F)(F)C(F)(F)C(F)(F)C(F)(F)C(F)(F)C(F)(F)C(F)(F)C(F)(F)C(F)(F)F)cc(C(=O)O)c1. The van der Waals surface area contributed by atoms with Crippen LogP contribution in [0.5, 0.6) is 5.75 Å². The number of unbranched alkanes of at least 4 members (excludes halogenated alkanes) is 8. The van der Waals surface area contributed by atoms with Crippen molar-refractivity contribution in [2.45, 2.75) is 136 Å². The lowest BCUT2D eigenvalue weighted by molar-refractivity contribution is -0.482. The molecule has 0 fully saturated rings. The molecule has 1 rings (SSSR count). The van der Waals surface area contributed by atoms with Crippen LogP contribution >= 0.6 is 0 Å². The Balaban J connectivity index is 2.97. The zero-order chi connectivity index (χ0) is 48.5. The maximum absolute atomic E-state index is 14.2. The van der Waals surface area contributed by atoms with Crippen molar-refractivity contribution >= 4 is 11.9 Å². The van der Waals surface area contributed by atoms with Crippen molar-refractivity contribution < 1.29 is 134 Å². The molecule has 1 aromatic rings. The predicted molar refractivity (Wildman–Crippen MR) is 152 cm³/mol. The number of aromatic carboxylic acids is 2. The first-order chi connectivity index (χ1) is 26.9. The lowest BCUT2D eigenvalue weighted by atomic mass is 9.84. The summed E-state index contributed by atoms with van der Waals surface area (Å²) in [5.41, 5.74) is -0.779. The first-order valence-electron chi connectivity index (χ1n) is 16.4. The van der Waals surface area contributed by atoms with Gasteiger partial charge in [-0.3, -0.25) is 0 Å². The highest BCUT2D eigenvalue weighted by molar-refractivity contribution is 5.94. The average molecular weight is 955 g/mol. The van der Waals surface area contributed by atoms with E-state index in [1.165, 1.54) is 0 Å². The minimum absolute atomic E-state index is 0.0348. The third kappa shape index (κ3) is 9.59. The molecule has 0 bridgehead atoms. The van der Waals surface area contributed by atoms with Gasteiger partial charge >= 0.3 is 83.3 Å². The van der Waals surface area contributed by atoms with Crippen molar-refractivity contribution in [1.82, 2.24) is 0 Å². The number of carboxylic acids is 2. The van der Waals surface area contributed by atoms with E-state index in [4.69, 9.17) is 14.9 Å². The lowest BCUT2D eigenvalue weighted by Crippen LogP contribution is -2.78. The van der Waals surface area contributed by atoms with E-state index in [0.717, 1.165) is 18.2 Å². The average Bonchev–Trinajstić information content (AvgIpc) is 3.10. The molecule has 0 radical (unpaired) electrons. The number of halogens is 25. The summed E-state index contributed by atoms with van der Waals surface area (Å²) < 4.78 is 346. The zero-order valence-corrected chi connectivity index (χ0v) is 29.6. The van der Waals surface area contributed by atoms with Crippen molar-refractivity contribution in [2.75, 3.05) is 6.61 Å². The lowest BCUT2D eigenvalue weighted by Gasteiger charge is -2.45. The monoisotopic (exact) mass is 954 g/mol. The highest BCUT2D eigenvalue weighted by Crippen LogP contribution is 2.68. The van der Waals surface area contributed by atoms with Crippen LogP contribution in [0.25, 0.3) is 0 Å². The molecule has 61 heavy (non-hydrogen) atoms. The van der Waals surface area contributed by atoms with Gasteiger partial charge in [-0.25, -0.2) is 9.59 Å². The second-order valence-corrected chi connectivity index (χ2v) is 13.1. The predicted octanol–water partition coefficient (Wildman–Crippen LogP) is 12.9. The Bertz CT molecular complexity index is 1640. The van der Waals surface area contributed by atoms with Gasteiger partial charge in [0, 0.05) is 6.42 Å². The Morgan fingerprint density at radius 1 is 0.377 bits per heavy atom. The standard InChI is InChI=1S/C31H27F25O5/c32-20(33,10-8-6-4-2-1-3-5-7-9-11-61-17-13-15(18(57)58)12-16(14-17)19(59)60)21(34,35)22(36,37)23(38,39)24(40,41)25(42,43)26(44,45)27(46,47)28(48,49)29(50,51)30(52,53)31(54,55)56/h12-14H,1-11H2,(H,57,58)(H,59,60). The molecule has 0 aromatic heterocycles. The van der Waals surface area contributed by atoms with Gasteiger partial charge in [-0.05, 0) is 31.0 Å². The van der Waals surface area contributed by atoms with Crippen LogP contribution in [0.2, 0.25) is 0 Å². The smallest absolute Gasteiger partial charge is 0.460 e. The van der Waals surface area contributed by atoms with Crippen molar-refractivity contribution in [3.63, 3.8) is 0 Å². The minimum atomic E-state index is -9.61. The van der Waals surface area contributed by atoms with Gasteiger partial charge < -0.3 is 14.9 Å². The molecule has 0 aliphatic rings. The van der Waals surface area contributed by atoms with Crippen LogP contribution in [0.15, 0.2) is 18.2 Å². The number of alkyl halides is 25. The summed E-state index contributed by atoms with van der Waals surface area (Å²) >= 11 is 0. The summed E-state index contributed by atoms with van der Waals surface area (Å²) in [4.78, 5) is 22.2. The summed E-state index contributed by atoms with van der Waals surface area (Å²) in [6.45, 7) is -0.0348. The topological polar surface area (TPSA) is 83.8 Å². The van der Waals surface area contributed by atoms with E-state index in [9.17, 15) is 119 Å².